The van der Waals surface area contributed by atoms with Crippen molar-refractivity contribution in [1.29, 1.82) is 0 Å². The van der Waals surface area contributed by atoms with Crippen molar-refractivity contribution in [2.45, 2.75) is 24.3 Å². The first-order valence-corrected chi connectivity index (χ1v) is 8.46. The van der Waals surface area contributed by atoms with Gasteiger partial charge in [-0.25, -0.2) is 4.39 Å². The zero-order valence-corrected chi connectivity index (χ0v) is 14.0. The van der Waals surface area contributed by atoms with Crippen LogP contribution >= 0.6 is 0 Å². The first kappa shape index (κ1) is 17.6. The number of carbonyl (C=O) groups is 1. The van der Waals surface area contributed by atoms with Crippen LogP contribution in [-0.2, 0) is 14.9 Å². The van der Waals surface area contributed by atoms with Crippen molar-refractivity contribution in [1.82, 2.24) is 5.32 Å². The van der Waals surface area contributed by atoms with Crippen LogP contribution in [0.15, 0.2) is 54.6 Å². The van der Waals surface area contributed by atoms with Crippen molar-refractivity contribution < 1.29 is 19.0 Å². The second kappa shape index (κ2) is 7.76. The molecule has 0 spiro atoms. The number of hydrogen-bond acceptors (Lipinski definition) is 3. The SMILES string of the molecule is O=C(N[C@H](CO)c1ccccc1)C1(c2cccc(F)c2)CCOCC1. The number of aliphatic hydroxyl groups is 1. The van der Waals surface area contributed by atoms with E-state index in [4.69, 9.17) is 4.74 Å². The molecule has 2 N–H and O–H groups in total. The van der Waals surface area contributed by atoms with Gasteiger partial charge in [-0.05, 0) is 36.1 Å². The maximum absolute atomic E-state index is 13.7. The van der Waals surface area contributed by atoms with Gasteiger partial charge in [0.1, 0.15) is 5.82 Å². The molecule has 5 heteroatoms. The van der Waals surface area contributed by atoms with E-state index < -0.39 is 11.5 Å². The van der Waals surface area contributed by atoms with Gasteiger partial charge in [0.05, 0.1) is 18.1 Å². The molecule has 3 rings (SSSR count). The third kappa shape index (κ3) is 3.72. The quantitative estimate of drug-likeness (QED) is 0.878. The van der Waals surface area contributed by atoms with E-state index in [1.165, 1.54) is 12.1 Å². The Morgan fingerprint density at radius 3 is 2.52 bits per heavy atom. The highest BCUT2D eigenvalue weighted by Crippen LogP contribution is 2.36. The molecule has 2 aromatic carbocycles. The van der Waals surface area contributed by atoms with Gasteiger partial charge in [0, 0.05) is 13.2 Å². The molecule has 1 atom stereocenters. The van der Waals surface area contributed by atoms with Crippen molar-refractivity contribution in [3.05, 3.63) is 71.5 Å². The zero-order chi connectivity index (χ0) is 17.7. The molecule has 1 fully saturated rings. The van der Waals surface area contributed by atoms with E-state index in [9.17, 15) is 14.3 Å². The summed E-state index contributed by atoms with van der Waals surface area (Å²) in [6, 6.07) is 15.0. The molecule has 1 aliphatic heterocycles. The van der Waals surface area contributed by atoms with Gasteiger partial charge in [0.2, 0.25) is 5.91 Å². The average Bonchev–Trinajstić information content (AvgIpc) is 2.67. The molecule has 0 unspecified atom stereocenters. The third-order valence-electron chi connectivity index (χ3n) is 4.85. The van der Waals surface area contributed by atoms with Gasteiger partial charge in [-0.2, -0.15) is 0 Å². The summed E-state index contributed by atoms with van der Waals surface area (Å²) in [6.07, 6.45) is 0.963. The normalized spacial score (nSPS) is 17.7. The third-order valence-corrected chi connectivity index (χ3v) is 4.85. The average molecular weight is 343 g/mol. The minimum absolute atomic E-state index is 0.203. The molecule has 0 aliphatic carbocycles. The summed E-state index contributed by atoms with van der Waals surface area (Å²) in [7, 11) is 0. The number of halogens is 1. The molecular formula is C20H22FNO3. The van der Waals surface area contributed by atoms with Gasteiger partial charge < -0.3 is 15.2 Å². The Morgan fingerprint density at radius 1 is 1.16 bits per heavy atom. The monoisotopic (exact) mass is 343 g/mol. The van der Waals surface area contributed by atoms with E-state index in [-0.39, 0.29) is 18.3 Å². The van der Waals surface area contributed by atoms with Crippen LogP contribution in [0.25, 0.3) is 0 Å². The number of hydrogen-bond donors (Lipinski definition) is 2. The summed E-state index contributed by atoms with van der Waals surface area (Å²) in [4.78, 5) is 13.2. The Balaban J connectivity index is 1.89. The maximum atomic E-state index is 13.7. The fraction of sp³-hybridized carbons (Fsp3) is 0.350. The van der Waals surface area contributed by atoms with Crippen LogP contribution in [-0.4, -0.2) is 30.8 Å². The predicted octanol–water partition coefficient (Wildman–Crippen LogP) is 2.72. The molecule has 1 aliphatic rings. The number of carbonyl (C=O) groups excluding carboxylic acids is 1. The van der Waals surface area contributed by atoms with Gasteiger partial charge in [-0.1, -0.05) is 42.5 Å². The summed E-state index contributed by atoms with van der Waals surface area (Å²) < 4.78 is 19.2. The fourth-order valence-corrected chi connectivity index (χ4v) is 3.37. The number of rotatable bonds is 5. The standard InChI is InChI=1S/C20H22FNO3/c21-17-8-4-7-16(13-17)20(9-11-25-12-10-20)19(24)22-18(14-23)15-5-2-1-3-6-15/h1-8,13,18,23H,9-12,14H2,(H,22,24)/t18-/m1/s1. The highest BCUT2D eigenvalue weighted by atomic mass is 19.1. The van der Waals surface area contributed by atoms with Crippen LogP contribution in [0.5, 0.6) is 0 Å². The Morgan fingerprint density at radius 2 is 1.88 bits per heavy atom. The van der Waals surface area contributed by atoms with E-state index in [2.05, 4.69) is 5.32 Å². The number of ether oxygens (including phenoxy) is 1. The molecule has 0 saturated carbocycles. The minimum Gasteiger partial charge on any atom is -0.394 e. The number of amides is 1. The summed E-state index contributed by atoms with van der Waals surface area (Å²) in [5, 5.41) is 12.7. The maximum Gasteiger partial charge on any atom is 0.231 e. The Hall–Kier alpha value is -2.24. The van der Waals surface area contributed by atoms with Crippen molar-refractivity contribution in [2.75, 3.05) is 19.8 Å². The van der Waals surface area contributed by atoms with Crippen molar-refractivity contribution in [3.63, 3.8) is 0 Å². The number of nitrogens with one attached hydrogen (secondary N) is 1. The number of aliphatic hydroxyl groups excluding tert-OH is 1. The summed E-state index contributed by atoms with van der Waals surface area (Å²) in [5.74, 6) is -0.567. The molecule has 25 heavy (non-hydrogen) atoms. The van der Waals surface area contributed by atoms with Crippen molar-refractivity contribution >= 4 is 5.91 Å². The van der Waals surface area contributed by atoms with Crippen LogP contribution in [0.1, 0.15) is 30.0 Å². The smallest absolute Gasteiger partial charge is 0.231 e. The van der Waals surface area contributed by atoms with Crippen LogP contribution in [0, 0.1) is 5.82 Å². The minimum atomic E-state index is -0.845. The van der Waals surface area contributed by atoms with Crippen LogP contribution < -0.4 is 5.32 Å². The largest absolute Gasteiger partial charge is 0.394 e. The summed E-state index contributed by atoms with van der Waals surface area (Å²) in [6.45, 7) is 0.684. The van der Waals surface area contributed by atoms with Crippen LogP contribution in [0.4, 0.5) is 4.39 Å². The molecule has 132 valence electrons. The van der Waals surface area contributed by atoms with E-state index in [1.54, 1.807) is 12.1 Å². The molecule has 1 heterocycles. The molecular weight excluding hydrogens is 321 g/mol. The van der Waals surface area contributed by atoms with Gasteiger partial charge in [-0.15, -0.1) is 0 Å². The molecule has 1 amide bonds. The highest BCUT2D eigenvalue weighted by Gasteiger charge is 2.42. The highest BCUT2D eigenvalue weighted by molar-refractivity contribution is 5.88. The summed E-state index contributed by atoms with van der Waals surface area (Å²) in [5.41, 5.74) is 0.639. The molecule has 0 radical (unpaired) electrons. The second-order valence-electron chi connectivity index (χ2n) is 6.32. The molecule has 0 aromatic heterocycles. The van der Waals surface area contributed by atoms with E-state index in [0.29, 0.717) is 31.6 Å². The van der Waals surface area contributed by atoms with Crippen LogP contribution in [0.2, 0.25) is 0 Å². The molecule has 1 saturated heterocycles. The predicted molar refractivity (Wildman–Crippen MR) is 92.5 cm³/mol. The fourth-order valence-electron chi connectivity index (χ4n) is 3.37. The van der Waals surface area contributed by atoms with Gasteiger partial charge in [0.15, 0.2) is 0 Å². The van der Waals surface area contributed by atoms with E-state index in [0.717, 1.165) is 5.56 Å². The topological polar surface area (TPSA) is 58.6 Å². The Labute approximate surface area is 146 Å². The van der Waals surface area contributed by atoms with E-state index >= 15 is 0 Å². The Bertz CT molecular complexity index is 714. The summed E-state index contributed by atoms with van der Waals surface area (Å²) >= 11 is 0. The lowest BCUT2D eigenvalue weighted by atomic mass is 9.73. The lowest BCUT2D eigenvalue weighted by molar-refractivity contribution is -0.131. The first-order valence-electron chi connectivity index (χ1n) is 8.46. The van der Waals surface area contributed by atoms with Gasteiger partial charge in [0.25, 0.3) is 0 Å². The van der Waals surface area contributed by atoms with Crippen molar-refractivity contribution in [2.24, 2.45) is 0 Å². The van der Waals surface area contributed by atoms with Gasteiger partial charge >= 0.3 is 0 Å². The molecule has 4 nitrogen and oxygen atoms in total. The van der Waals surface area contributed by atoms with Crippen molar-refractivity contribution in [3.8, 4) is 0 Å². The zero-order valence-electron chi connectivity index (χ0n) is 14.0. The molecule has 0 bridgehead atoms. The number of benzene rings is 2. The Kier molecular flexibility index (Phi) is 5.46. The second-order valence-corrected chi connectivity index (χ2v) is 6.32. The lowest BCUT2D eigenvalue weighted by Crippen LogP contribution is -2.49. The van der Waals surface area contributed by atoms with Crippen LogP contribution in [0.3, 0.4) is 0 Å². The van der Waals surface area contributed by atoms with E-state index in [1.807, 2.05) is 30.3 Å². The van der Waals surface area contributed by atoms with Gasteiger partial charge in [-0.3, -0.25) is 4.79 Å². The molecule has 2 aromatic rings. The lowest BCUT2D eigenvalue weighted by Gasteiger charge is -2.37. The first-order chi connectivity index (χ1) is 12.2.